The number of sulfonamides is 1. The summed E-state index contributed by atoms with van der Waals surface area (Å²) in [6, 6.07) is 28.8. The van der Waals surface area contributed by atoms with E-state index in [2.05, 4.69) is 5.32 Å². The largest absolute Gasteiger partial charge is 0.481 e. The van der Waals surface area contributed by atoms with E-state index in [1.807, 2.05) is 60.7 Å². The summed E-state index contributed by atoms with van der Waals surface area (Å²) in [5.74, 6) is 0.173. The lowest BCUT2D eigenvalue weighted by molar-refractivity contribution is -0.385. The van der Waals surface area contributed by atoms with Gasteiger partial charge in [0.1, 0.15) is 11.4 Å². The highest BCUT2D eigenvalue weighted by Crippen LogP contribution is 2.49. The molecule has 0 heterocycles. The van der Waals surface area contributed by atoms with Crippen LogP contribution in [0.1, 0.15) is 51.3 Å². The molecule has 0 fully saturated rings. The highest BCUT2D eigenvalue weighted by Gasteiger charge is 2.33. The Kier molecular flexibility index (Phi) is 15.7. The van der Waals surface area contributed by atoms with Gasteiger partial charge in [-0.05, 0) is 68.0 Å². The highest BCUT2D eigenvalue weighted by molar-refractivity contribution is 7.89. The van der Waals surface area contributed by atoms with Crippen LogP contribution in [-0.2, 0) is 48.0 Å². The third kappa shape index (κ3) is 14.1. The molecule has 0 aromatic heterocycles. The van der Waals surface area contributed by atoms with E-state index in [4.69, 9.17) is 18.5 Å². The van der Waals surface area contributed by atoms with Gasteiger partial charge in [0.2, 0.25) is 10.0 Å². The van der Waals surface area contributed by atoms with Crippen molar-refractivity contribution in [1.82, 2.24) is 9.62 Å². The first-order chi connectivity index (χ1) is 26.4. The fraction of sp³-hybridized carbons (Fsp3) is 0.375. The number of carbonyl (C=O) groups excluding carboxylic acids is 1. The second kappa shape index (κ2) is 20.0. The SMILES string of the molecule is CC(C)CN(C[C@@H](O)[C@H](Cc1ccc(OCP(=O)(OCc2ccccc2)OCc2ccccc2)cc1)NC(=O)OC(C)(C)C)S(=O)(=O)c1cccc([N+](=O)[O-])c1. The number of carbonyl (C=O) groups is 1. The summed E-state index contributed by atoms with van der Waals surface area (Å²) >= 11 is 0. The minimum absolute atomic E-state index is 0.0126. The molecule has 0 saturated carbocycles. The van der Waals surface area contributed by atoms with E-state index in [0.29, 0.717) is 11.3 Å². The molecule has 56 heavy (non-hydrogen) atoms. The molecule has 302 valence electrons. The fourth-order valence-corrected chi connectivity index (χ4v) is 8.28. The molecule has 4 aromatic carbocycles. The molecule has 0 unspecified atom stereocenters. The van der Waals surface area contributed by atoms with E-state index in [0.717, 1.165) is 21.5 Å². The number of non-ortho nitro benzene ring substituents is 1. The van der Waals surface area contributed by atoms with Gasteiger partial charge < -0.3 is 28.9 Å². The first-order valence-corrected chi connectivity index (χ1v) is 21.2. The van der Waals surface area contributed by atoms with Crippen LogP contribution >= 0.6 is 7.60 Å². The first-order valence-electron chi connectivity index (χ1n) is 18.0. The van der Waals surface area contributed by atoms with Crippen LogP contribution in [0.3, 0.4) is 0 Å². The summed E-state index contributed by atoms with van der Waals surface area (Å²) in [6.07, 6.45) is -2.59. The number of benzene rings is 4. The highest BCUT2D eigenvalue weighted by atomic mass is 32.2. The third-order valence-corrected chi connectivity index (χ3v) is 11.4. The lowest BCUT2D eigenvalue weighted by atomic mass is 10.0. The van der Waals surface area contributed by atoms with Gasteiger partial charge in [-0.3, -0.25) is 14.7 Å². The summed E-state index contributed by atoms with van der Waals surface area (Å²) < 4.78 is 65.5. The Labute approximate surface area is 328 Å². The van der Waals surface area contributed by atoms with Crippen LogP contribution in [-0.4, -0.2) is 66.0 Å². The lowest BCUT2D eigenvalue weighted by Crippen LogP contribution is -2.51. The smallest absolute Gasteiger partial charge is 0.407 e. The average molecular weight is 812 g/mol. The van der Waals surface area contributed by atoms with E-state index in [1.54, 1.807) is 58.9 Å². The molecular formula is C40H50N3O11PS. The number of alkyl carbamates (subject to hydrolysis) is 1. The van der Waals surface area contributed by atoms with Crippen molar-refractivity contribution in [1.29, 1.82) is 0 Å². The Balaban J connectivity index is 1.51. The van der Waals surface area contributed by atoms with Crippen molar-refractivity contribution in [3.63, 3.8) is 0 Å². The number of hydrogen-bond acceptors (Lipinski definition) is 11. The zero-order valence-electron chi connectivity index (χ0n) is 32.1. The van der Waals surface area contributed by atoms with E-state index < -0.39 is 58.6 Å². The van der Waals surface area contributed by atoms with Crippen molar-refractivity contribution in [3.05, 3.63) is 136 Å². The third-order valence-electron chi connectivity index (χ3n) is 8.10. The second-order valence-electron chi connectivity index (χ2n) is 14.5. The molecule has 0 radical (unpaired) electrons. The minimum Gasteiger partial charge on any atom is -0.481 e. The Morgan fingerprint density at radius 1 is 0.857 bits per heavy atom. The Morgan fingerprint density at radius 3 is 1.95 bits per heavy atom. The number of ether oxygens (including phenoxy) is 2. The lowest BCUT2D eigenvalue weighted by Gasteiger charge is -2.31. The summed E-state index contributed by atoms with van der Waals surface area (Å²) in [6.45, 7) is 8.29. The molecule has 0 bridgehead atoms. The average Bonchev–Trinajstić information content (AvgIpc) is 3.15. The predicted molar refractivity (Wildman–Crippen MR) is 212 cm³/mol. The number of amides is 1. The zero-order chi connectivity index (χ0) is 40.9. The molecular weight excluding hydrogens is 761 g/mol. The molecule has 0 aliphatic heterocycles. The quantitative estimate of drug-likeness (QED) is 0.0507. The second-order valence-corrected chi connectivity index (χ2v) is 18.5. The number of nitro groups is 1. The molecule has 4 rings (SSSR count). The fourth-order valence-electron chi connectivity index (χ4n) is 5.40. The van der Waals surface area contributed by atoms with E-state index >= 15 is 0 Å². The van der Waals surface area contributed by atoms with Crippen molar-refractivity contribution in [2.45, 2.75) is 76.9 Å². The molecule has 4 aromatic rings. The van der Waals surface area contributed by atoms with Crippen LogP contribution in [0.15, 0.2) is 114 Å². The number of nitro benzene ring substituents is 1. The van der Waals surface area contributed by atoms with Gasteiger partial charge >= 0.3 is 13.7 Å². The Hall–Kier alpha value is -4.63. The van der Waals surface area contributed by atoms with Gasteiger partial charge in [-0.15, -0.1) is 0 Å². The first kappa shape index (κ1) is 44.1. The van der Waals surface area contributed by atoms with E-state index in [-0.39, 0.29) is 43.3 Å². The summed E-state index contributed by atoms with van der Waals surface area (Å²) in [4.78, 5) is 23.4. The van der Waals surface area contributed by atoms with Crippen molar-refractivity contribution in [2.24, 2.45) is 5.92 Å². The molecule has 2 N–H and O–H groups in total. The van der Waals surface area contributed by atoms with Gasteiger partial charge in [0.15, 0.2) is 6.35 Å². The summed E-state index contributed by atoms with van der Waals surface area (Å²) in [7, 11) is -8.08. The molecule has 0 saturated heterocycles. The number of aliphatic hydroxyl groups is 1. The van der Waals surface area contributed by atoms with Gasteiger partial charge in [-0.1, -0.05) is 92.7 Å². The van der Waals surface area contributed by atoms with Crippen LogP contribution < -0.4 is 10.1 Å². The molecule has 1 amide bonds. The number of hydrogen-bond donors (Lipinski definition) is 2. The van der Waals surface area contributed by atoms with Crippen molar-refractivity contribution in [3.8, 4) is 5.75 Å². The van der Waals surface area contributed by atoms with Gasteiger partial charge in [-0.25, -0.2) is 13.2 Å². The van der Waals surface area contributed by atoms with E-state index in [9.17, 15) is 33.0 Å². The standard InChI is InChI=1S/C40H50N3O11PS/c1-30(2)25-42(56(49,50)36-18-12-17-34(24-36)43(46)47)26-38(44)37(41-39(45)54-40(3,4)5)23-31-19-21-35(22-20-31)51-29-55(48,52-27-32-13-8-6-9-14-32)53-28-33-15-10-7-11-16-33/h6-22,24,30,37-38,44H,23,25-29H2,1-5H3,(H,41,45)/t37-,38+/m0/s1. The normalized spacial score (nSPS) is 13.3. The maximum absolute atomic E-state index is 13.9. The van der Waals surface area contributed by atoms with Gasteiger partial charge in [-0.2, -0.15) is 4.31 Å². The van der Waals surface area contributed by atoms with Gasteiger partial charge in [0.05, 0.1) is 35.2 Å². The topological polar surface area (TPSA) is 184 Å². The van der Waals surface area contributed by atoms with Crippen LogP contribution in [0.2, 0.25) is 0 Å². The molecule has 0 aliphatic rings. The van der Waals surface area contributed by atoms with Crippen LogP contribution in [0.25, 0.3) is 0 Å². The number of nitrogens with zero attached hydrogens (tertiary/aromatic N) is 2. The van der Waals surface area contributed by atoms with Crippen LogP contribution in [0.4, 0.5) is 10.5 Å². The molecule has 16 heteroatoms. The number of nitrogens with one attached hydrogen (secondary N) is 1. The minimum atomic E-state index is -4.31. The molecule has 0 spiro atoms. The Morgan fingerprint density at radius 2 is 1.43 bits per heavy atom. The summed E-state index contributed by atoms with van der Waals surface area (Å²) in [5, 5.41) is 25.7. The van der Waals surface area contributed by atoms with Crippen LogP contribution in [0.5, 0.6) is 5.75 Å². The number of rotatable bonds is 20. The maximum atomic E-state index is 13.9. The molecule has 0 aliphatic carbocycles. The number of aliphatic hydroxyl groups excluding tert-OH is 1. The van der Waals surface area contributed by atoms with Gasteiger partial charge in [0.25, 0.3) is 5.69 Å². The Bertz CT molecular complexity index is 1980. The predicted octanol–water partition coefficient (Wildman–Crippen LogP) is 7.70. The van der Waals surface area contributed by atoms with Crippen molar-refractivity contribution in [2.75, 3.05) is 19.4 Å². The maximum Gasteiger partial charge on any atom is 0.407 e. The van der Waals surface area contributed by atoms with Crippen molar-refractivity contribution < 1.29 is 46.3 Å². The van der Waals surface area contributed by atoms with E-state index in [1.165, 1.54) is 18.2 Å². The van der Waals surface area contributed by atoms with Gasteiger partial charge in [0, 0.05) is 25.2 Å². The summed E-state index contributed by atoms with van der Waals surface area (Å²) in [5.41, 5.74) is 1.01. The zero-order valence-corrected chi connectivity index (χ0v) is 33.9. The molecule has 2 atom stereocenters. The molecule has 14 nitrogen and oxygen atoms in total. The monoisotopic (exact) mass is 811 g/mol. The van der Waals surface area contributed by atoms with Crippen LogP contribution in [0, 0.1) is 16.0 Å². The van der Waals surface area contributed by atoms with Crippen molar-refractivity contribution >= 4 is 29.4 Å².